The lowest BCUT2D eigenvalue weighted by atomic mass is 10.0. The van der Waals surface area contributed by atoms with Crippen molar-refractivity contribution >= 4 is 5.91 Å². The van der Waals surface area contributed by atoms with Gasteiger partial charge in [-0.25, -0.2) is 0 Å². The molecule has 0 bridgehead atoms. The van der Waals surface area contributed by atoms with Crippen molar-refractivity contribution < 1.29 is 4.79 Å². The molecule has 0 radical (unpaired) electrons. The van der Waals surface area contributed by atoms with E-state index in [0.717, 1.165) is 56.0 Å². The lowest BCUT2D eigenvalue weighted by molar-refractivity contribution is 0.0908. The highest BCUT2D eigenvalue weighted by Crippen LogP contribution is 2.17. The molecule has 4 heteroatoms. The van der Waals surface area contributed by atoms with Gasteiger partial charge in [0.15, 0.2) is 0 Å². The summed E-state index contributed by atoms with van der Waals surface area (Å²) in [4.78, 5) is 15.1. The number of hydrogen-bond donors (Lipinski definition) is 1. The number of rotatable bonds is 5. The third-order valence-electron chi connectivity index (χ3n) is 5.31. The molecule has 2 heterocycles. The SMILES string of the molecule is CCn1c(C)cc(C(=O)NC2CCN(Cc3ccccc3)CC2)c1C. The standard InChI is InChI=1S/C21H29N3O/c1-4-24-16(2)14-20(17(24)3)21(25)22-19-10-12-23(13-11-19)15-18-8-6-5-7-9-18/h5-9,14,19H,4,10-13,15H2,1-3H3,(H,22,25). The smallest absolute Gasteiger partial charge is 0.253 e. The highest BCUT2D eigenvalue weighted by Gasteiger charge is 2.23. The first kappa shape index (κ1) is 17.7. The third kappa shape index (κ3) is 4.13. The second-order valence-corrected chi connectivity index (χ2v) is 7.04. The van der Waals surface area contributed by atoms with E-state index in [2.05, 4.69) is 59.0 Å². The fourth-order valence-corrected chi connectivity index (χ4v) is 3.86. The zero-order chi connectivity index (χ0) is 17.8. The number of amides is 1. The highest BCUT2D eigenvalue weighted by molar-refractivity contribution is 5.95. The van der Waals surface area contributed by atoms with E-state index in [9.17, 15) is 4.79 Å². The maximum Gasteiger partial charge on any atom is 0.253 e. The average Bonchev–Trinajstić information content (AvgIpc) is 2.91. The Morgan fingerprint density at radius 1 is 1.16 bits per heavy atom. The van der Waals surface area contributed by atoms with E-state index in [4.69, 9.17) is 0 Å². The molecule has 4 nitrogen and oxygen atoms in total. The number of piperidine rings is 1. The van der Waals surface area contributed by atoms with E-state index in [1.807, 2.05) is 13.0 Å². The van der Waals surface area contributed by atoms with E-state index in [1.165, 1.54) is 5.56 Å². The van der Waals surface area contributed by atoms with Crippen molar-refractivity contribution in [2.75, 3.05) is 13.1 Å². The van der Waals surface area contributed by atoms with Gasteiger partial charge in [0.2, 0.25) is 0 Å². The van der Waals surface area contributed by atoms with Crippen molar-refractivity contribution in [2.24, 2.45) is 0 Å². The first-order valence-electron chi connectivity index (χ1n) is 9.32. The normalized spacial score (nSPS) is 16.1. The third-order valence-corrected chi connectivity index (χ3v) is 5.31. The van der Waals surface area contributed by atoms with Crippen LogP contribution in [0.5, 0.6) is 0 Å². The van der Waals surface area contributed by atoms with Gasteiger partial charge in [0.25, 0.3) is 5.91 Å². The van der Waals surface area contributed by atoms with Gasteiger partial charge in [0, 0.05) is 43.6 Å². The van der Waals surface area contributed by atoms with Gasteiger partial charge in [-0.3, -0.25) is 9.69 Å². The molecule has 1 aliphatic rings. The van der Waals surface area contributed by atoms with E-state index >= 15 is 0 Å². The van der Waals surface area contributed by atoms with Crippen LogP contribution in [-0.4, -0.2) is 34.5 Å². The lowest BCUT2D eigenvalue weighted by Gasteiger charge is -2.32. The molecule has 0 unspecified atom stereocenters. The fraction of sp³-hybridized carbons (Fsp3) is 0.476. The predicted octanol–water partition coefficient (Wildman–Crippen LogP) is 3.52. The number of aryl methyl sites for hydroxylation is 1. The van der Waals surface area contributed by atoms with Crippen molar-refractivity contribution in [2.45, 2.75) is 52.7 Å². The lowest BCUT2D eigenvalue weighted by Crippen LogP contribution is -2.44. The van der Waals surface area contributed by atoms with Crippen LogP contribution in [-0.2, 0) is 13.1 Å². The molecule has 0 aliphatic carbocycles. The van der Waals surface area contributed by atoms with Gasteiger partial charge in [0.05, 0.1) is 5.56 Å². The van der Waals surface area contributed by atoms with Crippen molar-refractivity contribution in [3.05, 3.63) is 58.9 Å². The molecule has 1 amide bonds. The Kier molecular flexibility index (Phi) is 5.59. The van der Waals surface area contributed by atoms with Crippen molar-refractivity contribution in [3.8, 4) is 0 Å². The molecule has 2 aromatic rings. The summed E-state index contributed by atoms with van der Waals surface area (Å²) in [7, 11) is 0. The summed E-state index contributed by atoms with van der Waals surface area (Å²) in [6.45, 7) is 10.2. The molecule has 1 aliphatic heterocycles. The van der Waals surface area contributed by atoms with Crippen molar-refractivity contribution in [1.82, 2.24) is 14.8 Å². The Morgan fingerprint density at radius 2 is 1.84 bits per heavy atom. The number of likely N-dealkylation sites (tertiary alicyclic amines) is 1. The van der Waals surface area contributed by atoms with Crippen LogP contribution in [0.2, 0.25) is 0 Å². The second-order valence-electron chi connectivity index (χ2n) is 7.04. The Labute approximate surface area is 150 Å². The molecular formula is C21H29N3O. The van der Waals surface area contributed by atoms with Gasteiger partial charge in [-0.15, -0.1) is 0 Å². The molecule has 134 valence electrons. The first-order chi connectivity index (χ1) is 12.1. The van der Waals surface area contributed by atoms with Crippen LogP contribution in [0.15, 0.2) is 36.4 Å². The molecule has 3 rings (SSSR count). The second kappa shape index (κ2) is 7.87. The quantitative estimate of drug-likeness (QED) is 0.905. The summed E-state index contributed by atoms with van der Waals surface area (Å²) in [6, 6.07) is 12.9. The maximum absolute atomic E-state index is 12.6. The van der Waals surface area contributed by atoms with Crippen LogP contribution in [0.3, 0.4) is 0 Å². The highest BCUT2D eigenvalue weighted by atomic mass is 16.1. The Hall–Kier alpha value is -2.07. The summed E-state index contributed by atoms with van der Waals surface area (Å²) >= 11 is 0. The summed E-state index contributed by atoms with van der Waals surface area (Å²) in [5.41, 5.74) is 4.41. The molecular weight excluding hydrogens is 310 g/mol. The molecule has 1 aromatic heterocycles. The largest absolute Gasteiger partial charge is 0.349 e. The zero-order valence-corrected chi connectivity index (χ0v) is 15.6. The number of aromatic nitrogens is 1. The molecule has 1 N–H and O–H groups in total. The van der Waals surface area contributed by atoms with Gasteiger partial charge < -0.3 is 9.88 Å². The Bertz CT molecular complexity index is 712. The van der Waals surface area contributed by atoms with E-state index < -0.39 is 0 Å². The Morgan fingerprint density at radius 3 is 2.44 bits per heavy atom. The minimum atomic E-state index is 0.0781. The molecule has 25 heavy (non-hydrogen) atoms. The fourth-order valence-electron chi connectivity index (χ4n) is 3.86. The van der Waals surface area contributed by atoms with Crippen LogP contribution in [0.1, 0.15) is 47.1 Å². The summed E-state index contributed by atoms with van der Waals surface area (Å²) in [5.74, 6) is 0.0781. The minimum absolute atomic E-state index is 0.0781. The summed E-state index contributed by atoms with van der Waals surface area (Å²) in [6.07, 6.45) is 2.04. The Balaban J connectivity index is 1.53. The van der Waals surface area contributed by atoms with Gasteiger partial charge in [-0.1, -0.05) is 30.3 Å². The number of carbonyl (C=O) groups excluding carboxylic acids is 1. The van der Waals surface area contributed by atoms with Crippen LogP contribution >= 0.6 is 0 Å². The van der Waals surface area contributed by atoms with Gasteiger partial charge in [-0.05, 0) is 45.2 Å². The molecule has 0 saturated carbocycles. The molecule has 1 saturated heterocycles. The van der Waals surface area contributed by atoms with Gasteiger partial charge >= 0.3 is 0 Å². The summed E-state index contributed by atoms with van der Waals surface area (Å²) < 4.78 is 2.19. The number of nitrogens with one attached hydrogen (secondary N) is 1. The molecule has 0 spiro atoms. The van der Waals surface area contributed by atoms with Crippen molar-refractivity contribution in [1.29, 1.82) is 0 Å². The number of benzene rings is 1. The van der Waals surface area contributed by atoms with E-state index in [1.54, 1.807) is 0 Å². The van der Waals surface area contributed by atoms with Crippen molar-refractivity contribution in [3.63, 3.8) is 0 Å². The maximum atomic E-state index is 12.6. The zero-order valence-electron chi connectivity index (χ0n) is 15.6. The van der Waals surface area contributed by atoms with Crippen LogP contribution in [0.25, 0.3) is 0 Å². The van der Waals surface area contributed by atoms with Crippen LogP contribution in [0.4, 0.5) is 0 Å². The van der Waals surface area contributed by atoms with Gasteiger partial charge in [0.1, 0.15) is 0 Å². The summed E-state index contributed by atoms with van der Waals surface area (Å²) in [5, 5.41) is 3.25. The average molecular weight is 339 g/mol. The minimum Gasteiger partial charge on any atom is -0.349 e. The molecule has 1 aromatic carbocycles. The molecule has 0 atom stereocenters. The van der Waals surface area contributed by atoms with E-state index in [-0.39, 0.29) is 11.9 Å². The number of nitrogens with zero attached hydrogens (tertiary/aromatic N) is 2. The topological polar surface area (TPSA) is 37.3 Å². The van der Waals surface area contributed by atoms with Crippen LogP contribution in [0, 0.1) is 13.8 Å². The van der Waals surface area contributed by atoms with Gasteiger partial charge in [-0.2, -0.15) is 0 Å². The number of hydrogen-bond acceptors (Lipinski definition) is 2. The predicted molar refractivity (Wildman–Crippen MR) is 102 cm³/mol. The number of carbonyl (C=O) groups is 1. The monoisotopic (exact) mass is 339 g/mol. The van der Waals surface area contributed by atoms with E-state index in [0.29, 0.717) is 0 Å². The first-order valence-corrected chi connectivity index (χ1v) is 9.32. The van der Waals surface area contributed by atoms with Crippen LogP contribution < -0.4 is 5.32 Å². The molecule has 1 fully saturated rings.